The highest BCUT2D eigenvalue weighted by atomic mass is 32.1. The summed E-state index contributed by atoms with van der Waals surface area (Å²) in [5, 5.41) is 24.8. The Morgan fingerprint density at radius 2 is 1.84 bits per heavy atom. The minimum atomic E-state index is -1.99. The minimum absolute atomic E-state index is 0.247. The lowest BCUT2D eigenvalue weighted by Crippen LogP contribution is -2.31. The first-order chi connectivity index (χ1) is 11.9. The van der Waals surface area contributed by atoms with Crippen LogP contribution in [0.15, 0.2) is 48.5 Å². The van der Waals surface area contributed by atoms with Gasteiger partial charge in [-0.3, -0.25) is 5.32 Å². The van der Waals surface area contributed by atoms with Crippen molar-refractivity contribution in [3.63, 3.8) is 0 Å². The van der Waals surface area contributed by atoms with Crippen molar-refractivity contribution in [1.82, 2.24) is 4.98 Å². The first-order valence-corrected chi connectivity index (χ1v) is 8.18. The number of hydrogen-bond acceptors (Lipinski definition) is 5. The quantitative estimate of drug-likeness (QED) is 0.573. The normalized spacial score (nSPS) is 13.2. The van der Waals surface area contributed by atoms with Crippen molar-refractivity contribution in [3.8, 4) is 0 Å². The number of fused-ring (bicyclic) bond motifs is 1. The third-order valence-electron chi connectivity index (χ3n) is 3.62. The molecule has 2 aromatic carbocycles. The van der Waals surface area contributed by atoms with Crippen LogP contribution in [-0.2, 0) is 10.4 Å². The summed E-state index contributed by atoms with van der Waals surface area (Å²) < 4.78 is 0.661. The maximum absolute atomic E-state index is 12.0. The monoisotopic (exact) mass is 357 g/mol. The van der Waals surface area contributed by atoms with Gasteiger partial charge in [-0.1, -0.05) is 35.6 Å². The van der Waals surface area contributed by atoms with Crippen molar-refractivity contribution in [1.29, 1.82) is 0 Å². The van der Waals surface area contributed by atoms with Crippen molar-refractivity contribution >= 4 is 44.4 Å². The van der Waals surface area contributed by atoms with Crippen molar-refractivity contribution in [2.75, 3.05) is 10.6 Å². The smallest absolute Gasteiger partial charge is 0.340 e. The molecular weight excluding hydrogens is 342 g/mol. The number of carboxylic acid groups (broad SMARTS) is 1. The lowest BCUT2D eigenvalue weighted by atomic mass is 9.96. The van der Waals surface area contributed by atoms with Gasteiger partial charge < -0.3 is 15.5 Å². The summed E-state index contributed by atoms with van der Waals surface area (Å²) in [6, 6.07) is 13.2. The Labute approximate surface area is 147 Å². The van der Waals surface area contributed by atoms with E-state index in [1.807, 2.05) is 18.2 Å². The molecule has 0 aliphatic heterocycles. The Morgan fingerprint density at radius 1 is 1.12 bits per heavy atom. The number of amides is 2. The van der Waals surface area contributed by atoms with Crippen LogP contribution in [0, 0.1) is 0 Å². The van der Waals surface area contributed by atoms with E-state index in [0.29, 0.717) is 21.0 Å². The van der Waals surface area contributed by atoms with Crippen LogP contribution in [0.3, 0.4) is 0 Å². The number of aliphatic hydroxyl groups is 1. The molecule has 3 rings (SSSR count). The number of rotatable bonds is 4. The molecule has 0 fully saturated rings. The molecule has 1 atom stereocenters. The summed E-state index contributed by atoms with van der Waals surface area (Å²) in [7, 11) is 0. The van der Waals surface area contributed by atoms with Crippen LogP contribution in [0.2, 0.25) is 0 Å². The number of urea groups is 1. The molecule has 3 aromatic rings. The Morgan fingerprint density at radius 3 is 2.52 bits per heavy atom. The summed E-state index contributed by atoms with van der Waals surface area (Å²) >= 11 is 1.19. The van der Waals surface area contributed by atoms with Gasteiger partial charge in [-0.05, 0) is 36.8 Å². The highest BCUT2D eigenvalue weighted by molar-refractivity contribution is 7.22. The van der Waals surface area contributed by atoms with Gasteiger partial charge in [0.25, 0.3) is 0 Å². The van der Waals surface area contributed by atoms with E-state index in [0.717, 1.165) is 0 Å². The number of anilines is 2. The maximum Gasteiger partial charge on any atom is 0.340 e. The van der Waals surface area contributed by atoms with E-state index >= 15 is 0 Å². The molecule has 1 aromatic heterocycles. The summed E-state index contributed by atoms with van der Waals surface area (Å²) in [6.07, 6.45) is 0. The fourth-order valence-corrected chi connectivity index (χ4v) is 3.09. The van der Waals surface area contributed by atoms with Crippen LogP contribution in [0.25, 0.3) is 10.2 Å². The van der Waals surface area contributed by atoms with Gasteiger partial charge in [-0.15, -0.1) is 0 Å². The van der Waals surface area contributed by atoms with Gasteiger partial charge in [0, 0.05) is 5.69 Å². The number of nitrogens with zero attached hydrogens (tertiary/aromatic N) is 1. The molecule has 1 heterocycles. The van der Waals surface area contributed by atoms with Crippen molar-refractivity contribution in [2.24, 2.45) is 0 Å². The third kappa shape index (κ3) is 3.59. The molecular formula is C17H15N3O4S. The Balaban J connectivity index is 1.79. The van der Waals surface area contributed by atoms with E-state index in [1.54, 1.807) is 24.3 Å². The Bertz CT molecular complexity index is 937. The van der Waals surface area contributed by atoms with Crippen LogP contribution < -0.4 is 10.6 Å². The molecule has 25 heavy (non-hydrogen) atoms. The topological polar surface area (TPSA) is 112 Å². The van der Waals surface area contributed by atoms with Gasteiger partial charge in [0.05, 0.1) is 10.2 Å². The van der Waals surface area contributed by atoms with Gasteiger partial charge in [-0.25, -0.2) is 14.6 Å². The zero-order valence-corrected chi connectivity index (χ0v) is 14.0. The Hall–Kier alpha value is -2.97. The molecule has 0 radical (unpaired) electrons. The number of carboxylic acids is 1. The molecule has 0 saturated carbocycles. The van der Waals surface area contributed by atoms with Gasteiger partial charge in [0.1, 0.15) is 0 Å². The zero-order chi connectivity index (χ0) is 18.0. The summed E-state index contributed by atoms with van der Waals surface area (Å²) in [6.45, 7) is 1.21. The highest BCUT2D eigenvalue weighted by Gasteiger charge is 2.32. The first kappa shape index (κ1) is 16.9. The fourth-order valence-electron chi connectivity index (χ4n) is 2.19. The number of hydrogen-bond donors (Lipinski definition) is 4. The van der Waals surface area contributed by atoms with Gasteiger partial charge >= 0.3 is 12.0 Å². The average Bonchev–Trinajstić information content (AvgIpc) is 2.96. The molecule has 4 N–H and O–H groups in total. The van der Waals surface area contributed by atoms with E-state index in [4.69, 9.17) is 5.11 Å². The first-order valence-electron chi connectivity index (χ1n) is 7.36. The largest absolute Gasteiger partial charge is 0.479 e. The highest BCUT2D eigenvalue weighted by Crippen LogP contribution is 2.30. The SMILES string of the molecule is CC(O)(C(=O)O)c1ccc2nc(NC(=O)Nc3ccccc3)sc2c1. The Kier molecular flexibility index (Phi) is 4.39. The van der Waals surface area contributed by atoms with Crippen molar-refractivity contribution < 1.29 is 19.8 Å². The van der Waals surface area contributed by atoms with Crippen molar-refractivity contribution in [3.05, 3.63) is 54.1 Å². The average molecular weight is 357 g/mol. The maximum atomic E-state index is 12.0. The van der Waals surface area contributed by atoms with Crippen molar-refractivity contribution in [2.45, 2.75) is 12.5 Å². The van der Waals surface area contributed by atoms with E-state index in [-0.39, 0.29) is 5.56 Å². The standard InChI is InChI=1S/C17H15N3O4S/c1-17(24,14(21)22)10-7-8-12-13(9-10)25-16(19-12)20-15(23)18-11-5-3-2-4-6-11/h2-9,24H,1H3,(H,21,22)(H2,18,19,20,23). The summed E-state index contributed by atoms with van der Waals surface area (Å²) in [5.41, 5.74) is -0.488. The van der Waals surface area contributed by atoms with E-state index in [9.17, 15) is 14.7 Å². The third-order valence-corrected chi connectivity index (χ3v) is 4.55. The number of benzene rings is 2. The molecule has 128 valence electrons. The zero-order valence-electron chi connectivity index (χ0n) is 13.2. The second-order valence-corrected chi connectivity index (χ2v) is 6.55. The fraction of sp³-hybridized carbons (Fsp3) is 0.118. The lowest BCUT2D eigenvalue weighted by molar-refractivity contribution is -0.157. The molecule has 0 aliphatic carbocycles. The summed E-state index contributed by atoms with van der Waals surface area (Å²) in [5.74, 6) is -1.34. The minimum Gasteiger partial charge on any atom is -0.479 e. The van der Waals surface area contributed by atoms with Crippen LogP contribution in [0.5, 0.6) is 0 Å². The van der Waals surface area contributed by atoms with Crippen LogP contribution in [0.4, 0.5) is 15.6 Å². The molecule has 0 aliphatic rings. The number of thiazole rings is 1. The predicted octanol–water partition coefficient (Wildman–Crippen LogP) is 3.23. The number of aliphatic carboxylic acids is 1. The molecule has 0 saturated heterocycles. The number of para-hydroxylation sites is 1. The molecule has 1 unspecified atom stereocenters. The van der Waals surface area contributed by atoms with Gasteiger partial charge in [-0.2, -0.15) is 0 Å². The molecule has 7 nitrogen and oxygen atoms in total. The number of carbonyl (C=O) groups is 2. The molecule has 8 heteroatoms. The second kappa shape index (κ2) is 6.50. The van der Waals surface area contributed by atoms with Crippen LogP contribution in [-0.4, -0.2) is 27.2 Å². The summed E-state index contributed by atoms with van der Waals surface area (Å²) in [4.78, 5) is 27.4. The molecule has 0 bridgehead atoms. The number of carbonyl (C=O) groups excluding carboxylic acids is 1. The lowest BCUT2D eigenvalue weighted by Gasteiger charge is -2.17. The van der Waals surface area contributed by atoms with E-state index < -0.39 is 17.6 Å². The van der Waals surface area contributed by atoms with Gasteiger partial charge in [0.2, 0.25) is 0 Å². The molecule has 2 amide bonds. The van der Waals surface area contributed by atoms with Crippen LogP contribution in [0.1, 0.15) is 12.5 Å². The van der Waals surface area contributed by atoms with E-state index in [1.165, 1.54) is 24.3 Å². The molecule has 0 spiro atoms. The second-order valence-electron chi connectivity index (χ2n) is 5.52. The van der Waals surface area contributed by atoms with E-state index in [2.05, 4.69) is 15.6 Å². The number of nitrogens with one attached hydrogen (secondary N) is 2. The van der Waals surface area contributed by atoms with Crippen LogP contribution >= 0.6 is 11.3 Å². The van der Waals surface area contributed by atoms with Gasteiger partial charge in [0.15, 0.2) is 10.7 Å². The predicted molar refractivity (Wildman–Crippen MR) is 95.9 cm³/mol. The number of aromatic nitrogens is 1.